The van der Waals surface area contributed by atoms with Crippen molar-refractivity contribution in [1.82, 2.24) is 0 Å². The largest absolute Gasteiger partial charge is 0.493 e. The molecule has 0 saturated carbocycles. The van der Waals surface area contributed by atoms with Crippen LogP contribution in [0.3, 0.4) is 0 Å². The topological polar surface area (TPSA) is 35.5 Å². The maximum Gasteiger partial charge on any atom is 0.176 e. The zero-order valence-corrected chi connectivity index (χ0v) is 10.4. The van der Waals surface area contributed by atoms with Crippen LogP contribution >= 0.6 is 11.8 Å². The zero-order chi connectivity index (χ0) is 11.7. The van der Waals surface area contributed by atoms with Gasteiger partial charge in [0.05, 0.1) is 25.5 Å². The highest BCUT2D eigenvalue weighted by molar-refractivity contribution is 7.99. The molecule has 0 aliphatic carbocycles. The number of benzene rings is 1. The number of thioether (sulfide) groups is 1. The second kappa shape index (κ2) is 4.37. The fraction of sp³-hybridized carbons (Fsp3) is 0.417. The minimum Gasteiger partial charge on any atom is -0.493 e. The van der Waals surface area contributed by atoms with Gasteiger partial charge in [-0.1, -0.05) is 0 Å². The Morgan fingerprint density at radius 1 is 1.25 bits per heavy atom. The molecule has 4 heteroatoms. The first kappa shape index (κ1) is 11.3. The van der Waals surface area contributed by atoms with Crippen molar-refractivity contribution in [2.24, 2.45) is 0 Å². The van der Waals surface area contributed by atoms with Crippen LogP contribution in [0.2, 0.25) is 0 Å². The first-order valence-corrected chi connectivity index (χ1v) is 6.20. The fourth-order valence-electron chi connectivity index (χ4n) is 1.96. The Morgan fingerprint density at radius 2 is 2.00 bits per heavy atom. The van der Waals surface area contributed by atoms with Crippen molar-refractivity contribution in [2.45, 2.75) is 12.7 Å². The summed E-state index contributed by atoms with van der Waals surface area (Å²) in [5.41, 5.74) is 2.88. The van der Waals surface area contributed by atoms with Gasteiger partial charge in [-0.2, -0.15) is 0 Å². The maximum atomic E-state index is 11.9. The molecule has 0 unspecified atom stereocenters. The monoisotopic (exact) mass is 238 g/mol. The number of carbonyl (C=O) groups excluding carboxylic acids is 1. The standard InChI is InChI=1S/C12H14O3S/c1-7-4-10(14-2)12(15-3)11-8(7)5-16-6-9(11)13/h4H,5-6H2,1-3H3. The number of Topliss-reactive ketones (excluding diaryl/α,β-unsaturated/α-hetero) is 1. The number of hydrogen-bond donors (Lipinski definition) is 0. The van der Waals surface area contributed by atoms with Crippen molar-refractivity contribution in [2.75, 3.05) is 20.0 Å². The van der Waals surface area contributed by atoms with Gasteiger partial charge >= 0.3 is 0 Å². The third-order valence-corrected chi connectivity index (χ3v) is 3.72. The van der Waals surface area contributed by atoms with Gasteiger partial charge in [0.2, 0.25) is 0 Å². The van der Waals surface area contributed by atoms with Crippen molar-refractivity contribution in [3.63, 3.8) is 0 Å². The molecular weight excluding hydrogens is 224 g/mol. The van der Waals surface area contributed by atoms with Crippen LogP contribution in [0.15, 0.2) is 6.07 Å². The van der Waals surface area contributed by atoms with Crippen LogP contribution in [0.5, 0.6) is 11.5 Å². The maximum absolute atomic E-state index is 11.9. The molecular formula is C12H14O3S. The van der Waals surface area contributed by atoms with E-state index in [1.807, 2.05) is 13.0 Å². The van der Waals surface area contributed by atoms with E-state index in [1.165, 1.54) is 0 Å². The average molecular weight is 238 g/mol. The predicted octanol–water partition coefficient (Wildman–Crippen LogP) is 2.44. The summed E-state index contributed by atoms with van der Waals surface area (Å²) >= 11 is 1.65. The van der Waals surface area contributed by atoms with Gasteiger partial charge in [-0.3, -0.25) is 4.79 Å². The molecule has 0 N–H and O–H groups in total. The number of rotatable bonds is 2. The Balaban J connectivity index is 2.70. The number of carbonyl (C=O) groups is 1. The van der Waals surface area contributed by atoms with E-state index in [0.29, 0.717) is 22.8 Å². The van der Waals surface area contributed by atoms with Gasteiger partial charge in [0.15, 0.2) is 17.3 Å². The summed E-state index contributed by atoms with van der Waals surface area (Å²) < 4.78 is 10.6. The van der Waals surface area contributed by atoms with Crippen LogP contribution in [0, 0.1) is 6.92 Å². The van der Waals surface area contributed by atoms with Crippen molar-refractivity contribution < 1.29 is 14.3 Å². The van der Waals surface area contributed by atoms with E-state index >= 15 is 0 Å². The van der Waals surface area contributed by atoms with Crippen molar-refractivity contribution in [3.8, 4) is 11.5 Å². The Morgan fingerprint density at radius 3 is 2.62 bits per heavy atom. The number of ketones is 1. The molecule has 0 saturated heterocycles. The normalized spacial score (nSPS) is 14.6. The second-order valence-corrected chi connectivity index (χ2v) is 4.68. The summed E-state index contributed by atoms with van der Waals surface area (Å²) in [4.78, 5) is 11.9. The molecule has 0 fully saturated rings. The first-order chi connectivity index (χ1) is 7.69. The average Bonchev–Trinajstić information content (AvgIpc) is 2.29. The van der Waals surface area contributed by atoms with E-state index < -0.39 is 0 Å². The molecule has 1 heterocycles. The van der Waals surface area contributed by atoms with Crippen LogP contribution in [0.1, 0.15) is 21.5 Å². The molecule has 3 nitrogen and oxygen atoms in total. The number of fused-ring (bicyclic) bond motifs is 1. The van der Waals surface area contributed by atoms with E-state index in [-0.39, 0.29) is 5.78 Å². The van der Waals surface area contributed by atoms with Gasteiger partial charge in [0.25, 0.3) is 0 Å². The van der Waals surface area contributed by atoms with E-state index in [1.54, 1.807) is 26.0 Å². The lowest BCUT2D eigenvalue weighted by Crippen LogP contribution is -2.15. The van der Waals surface area contributed by atoms with Gasteiger partial charge < -0.3 is 9.47 Å². The molecule has 1 aliphatic heterocycles. The molecule has 86 valence electrons. The number of ether oxygens (including phenoxy) is 2. The highest BCUT2D eigenvalue weighted by Gasteiger charge is 2.26. The molecule has 0 radical (unpaired) electrons. The van der Waals surface area contributed by atoms with Crippen molar-refractivity contribution in [3.05, 3.63) is 22.8 Å². The molecule has 0 bridgehead atoms. The summed E-state index contributed by atoms with van der Waals surface area (Å²) in [7, 11) is 3.16. The summed E-state index contributed by atoms with van der Waals surface area (Å²) in [5.74, 6) is 2.74. The van der Waals surface area contributed by atoms with Gasteiger partial charge in [-0.25, -0.2) is 0 Å². The molecule has 0 spiro atoms. The Hall–Kier alpha value is -1.16. The lowest BCUT2D eigenvalue weighted by Gasteiger charge is -2.21. The van der Waals surface area contributed by atoms with E-state index in [4.69, 9.17) is 9.47 Å². The van der Waals surface area contributed by atoms with E-state index in [2.05, 4.69) is 0 Å². The van der Waals surface area contributed by atoms with Gasteiger partial charge in [0.1, 0.15) is 0 Å². The van der Waals surface area contributed by atoms with E-state index in [0.717, 1.165) is 16.9 Å². The lowest BCUT2D eigenvalue weighted by atomic mass is 9.98. The molecule has 0 amide bonds. The smallest absolute Gasteiger partial charge is 0.176 e. The molecule has 0 aromatic heterocycles. The van der Waals surface area contributed by atoms with Gasteiger partial charge in [0, 0.05) is 5.75 Å². The summed E-state index contributed by atoms with van der Waals surface area (Å²) in [6, 6.07) is 1.93. The molecule has 1 aromatic rings. The molecule has 2 rings (SSSR count). The Kier molecular flexibility index (Phi) is 3.10. The summed E-state index contributed by atoms with van der Waals surface area (Å²) in [5, 5.41) is 0. The van der Waals surface area contributed by atoms with Crippen molar-refractivity contribution >= 4 is 17.5 Å². The highest BCUT2D eigenvalue weighted by Crippen LogP contribution is 2.40. The number of aryl methyl sites for hydroxylation is 1. The van der Waals surface area contributed by atoms with Crippen LogP contribution in [-0.2, 0) is 5.75 Å². The first-order valence-electron chi connectivity index (χ1n) is 5.04. The molecule has 0 atom stereocenters. The highest BCUT2D eigenvalue weighted by atomic mass is 32.2. The number of hydrogen-bond acceptors (Lipinski definition) is 4. The minimum atomic E-state index is 0.130. The zero-order valence-electron chi connectivity index (χ0n) is 9.62. The molecule has 16 heavy (non-hydrogen) atoms. The van der Waals surface area contributed by atoms with Crippen LogP contribution in [0.25, 0.3) is 0 Å². The van der Waals surface area contributed by atoms with Crippen molar-refractivity contribution in [1.29, 1.82) is 0 Å². The quantitative estimate of drug-likeness (QED) is 0.792. The third-order valence-electron chi connectivity index (χ3n) is 2.76. The van der Waals surface area contributed by atoms with Crippen LogP contribution < -0.4 is 9.47 Å². The number of methoxy groups -OCH3 is 2. The molecule has 1 aromatic carbocycles. The lowest BCUT2D eigenvalue weighted by molar-refractivity contribution is 0.101. The SMILES string of the molecule is COc1cc(C)c2c(c1OC)C(=O)CSC2. The van der Waals surface area contributed by atoms with Crippen LogP contribution in [0.4, 0.5) is 0 Å². The second-order valence-electron chi connectivity index (χ2n) is 3.70. The third kappa shape index (κ3) is 1.67. The molecule has 1 aliphatic rings. The minimum absolute atomic E-state index is 0.130. The summed E-state index contributed by atoms with van der Waals surface area (Å²) in [6.45, 7) is 2.00. The van der Waals surface area contributed by atoms with Gasteiger partial charge in [-0.15, -0.1) is 11.8 Å². The van der Waals surface area contributed by atoms with Crippen LogP contribution in [-0.4, -0.2) is 25.8 Å². The Labute approximate surface area is 99.1 Å². The summed E-state index contributed by atoms with van der Waals surface area (Å²) in [6.07, 6.45) is 0. The van der Waals surface area contributed by atoms with Gasteiger partial charge in [-0.05, 0) is 24.1 Å². The fourth-order valence-corrected chi connectivity index (χ4v) is 2.97. The Bertz CT molecular complexity index is 440. The van der Waals surface area contributed by atoms with E-state index in [9.17, 15) is 4.79 Å². The predicted molar refractivity (Wildman–Crippen MR) is 64.8 cm³/mol.